The van der Waals surface area contributed by atoms with Crippen molar-refractivity contribution in [2.24, 2.45) is 0 Å². The molecule has 0 unspecified atom stereocenters. The quantitative estimate of drug-likeness (QED) is 0.548. The molecule has 0 aliphatic carbocycles. The summed E-state index contributed by atoms with van der Waals surface area (Å²) in [5.41, 5.74) is 0.910. The Morgan fingerprint density at radius 2 is 2.40 bits per heavy atom. The van der Waals surface area contributed by atoms with Crippen LogP contribution in [0.2, 0.25) is 0 Å². The summed E-state index contributed by atoms with van der Waals surface area (Å²) in [5, 5.41) is 3.77. The predicted molar refractivity (Wildman–Crippen MR) is 38.5 cm³/mol. The lowest BCUT2D eigenvalue weighted by Crippen LogP contribution is -1.84. The van der Waals surface area contributed by atoms with Crippen molar-refractivity contribution in [2.75, 3.05) is 0 Å². The molecule has 10 heavy (non-hydrogen) atoms. The minimum atomic E-state index is 0.380. The van der Waals surface area contributed by atoms with Crippen LogP contribution in [0.25, 0.3) is 0 Å². The zero-order chi connectivity index (χ0) is 7.56. The Balaban J connectivity index is 2.91. The standard InChI is InChI=1S/C8H9NO/c1-4-7-5-8(6(2)3)9-10-7/h1,5-6H,2-3H3. The Labute approximate surface area is 60.2 Å². The third-order valence-electron chi connectivity index (χ3n) is 1.26. The van der Waals surface area contributed by atoms with E-state index in [1.807, 2.05) is 13.8 Å². The maximum atomic E-state index is 5.08. The minimum Gasteiger partial charge on any atom is -0.347 e. The minimum absolute atomic E-state index is 0.380. The van der Waals surface area contributed by atoms with Crippen molar-refractivity contribution in [3.63, 3.8) is 0 Å². The van der Waals surface area contributed by atoms with Crippen LogP contribution in [0.1, 0.15) is 31.2 Å². The van der Waals surface area contributed by atoms with Crippen molar-refractivity contribution in [3.05, 3.63) is 17.5 Å². The van der Waals surface area contributed by atoms with Crippen LogP contribution in [0.3, 0.4) is 0 Å². The van der Waals surface area contributed by atoms with E-state index in [1.54, 1.807) is 6.07 Å². The number of terminal acetylenes is 1. The topological polar surface area (TPSA) is 26.0 Å². The van der Waals surface area contributed by atoms with E-state index in [2.05, 4.69) is 11.1 Å². The average molecular weight is 135 g/mol. The van der Waals surface area contributed by atoms with Gasteiger partial charge in [0.25, 0.3) is 0 Å². The van der Waals surface area contributed by atoms with E-state index < -0.39 is 0 Å². The summed E-state index contributed by atoms with van der Waals surface area (Å²) >= 11 is 0. The van der Waals surface area contributed by atoms with E-state index in [4.69, 9.17) is 10.9 Å². The summed E-state index contributed by atoms with van der Waals surface area (Å²) < 4.78 is 4.79. The fourth-order valence-corrected chi connectivity index (χ4v) is 0.629. The SMILES string of the molecule is C#Cc1cc(C(C)C)no1. The van der Waals surface area contributed by atoms with Gasteiger partial charge in [-0.15, -0.1) is 6.42 Å². The van der Waals surface area contributed by atoms with Gasteiger partial charge in [-0.25, -0.2) is 0 Å². The predicted octanol–water partition coefficient (Wildman–Crippen LogP) is 1.78. The normalized spacial score (nSPS) is 9.80. The Bertz CT molecular complexity index is 254. The Morgan fingerprint density at radius 1 is 1.70 bits per heavy atom. The molecule has 0 aliphatic heterocycles. The molecule has 0 N–H and O–H groups in total. The van der Waals surface area contributed by atoms with Gasteiger partial charge < -0.3 is 4.52 Å². The van der Waals surface area contributed by atoms with Gasteiger partial charge in [-0.2, -0.15) is 0 Å². The second-order valence-electron chi connectivity index (χ2n) is 2.42. The highest BCUT2D eigenvalue weighted by Crippen LogP contribution is 2.12. The zero-order valence-corrected chi connectivity index (χ0v) is 6.09. The third-order valence-corrected chi connectivity index (χ3v) is 1.26. The fraction of sp³-hybridized carbons (Fsp3) is 0.375. The van der Waals surface area contributed by atoms with E-state index in [0.717, 1.165) is 5.69 Å². The molecular formula is C8H9NO. The Hall–Kier alpha value is -1.23. The van der Waals surface area contributed by atoms with Gasteiger partial charge >= 0.3 is 0 Å². The molecule has 0 atom stereocenters. The zero-order valence-electron chi connectivity index (χ0n) is 6.09. The Morgan fingerprint density at radius 3 is 2.70 bits per heavy atom. The highest BCUT2D eigenvalue weighted by Gasteiger charge is 2.04. The molecule has 0 radical (unpaired) electrons. The lowest BCUT2D eigenvalue weighted by atomic mass is 10.1. The van der Waals surface area contributed by atoms with Gasteiger partial charge in [-0.1, -0.05) is 19.0 Å². The molecule has 1 aromatic rings. The molecule has 1 heterocycles. The number of rotatable bonds is 1. The van der Waals surface area contributed by atoms with Gasteiger partial charge in [-0.3, -0.25) is 0 Å². The van der Waals surface area contributed by atoms with Crippen molar-refractivity contribution >= 4 is 0 Å². The van der Waals surface area contributed by atoms with Gasteiger partial charge in [0.2, 0.25) is 5.76 Å². The molecule has 0 spiro atoms. The molecule has 0 fully saturated rings. The summed E-state index contributed by atoms with van der Waals surface area (Å²) in [5.74, 6) is 3.26. The average Bonchev–Trinajstić information content (AvgIpc) is 2.34. The third kappa shape index (κ3) is 1.19. The van der Waals surface area contributed by atoms with Crippen LogP contribution in [-0.4, -0.2) is 5.16 Å². The first-order chi connectivity index (χ1) is 4.74. The largest absolute Gasteiger partial charge is 0.347 e. The molecule has 1 aromatic heterocycles. The smallest absolute Gasteiger partial charge is 0.209 e. The lowest BCUT2D eigenvalue weighted by molar-refractivity contribution is 0.400. The van der Waals surface area contributed by atoms with E-state index in [0.29, 0.717) is 11.7 Å². The second-order valence-corrected chi connectivity index (χ2v) is 2.42. The molecule has 52 valence electrons. The van der Waals surface area contributed by atoms with E-state index in [1.165, 1.54) is 0 Å². The van der Waals surface area contributed by atoms with E-state index in [9.17, 15) is 0 Å². The highest BCUT2D eigenvalue weighted by molar-refractivity contribution is 5.23. The van der Waals surface area contributed by atoms with Crippen molar-refractivity contribution in [1.29, 1.82) is 0 Å². The van der Waals surface area contributed by atoms with Crippen LogP contribution in [0, 0.1) is 12.3 Å². The number of hydrogen-bond acceptors (Lipinski definition) is 2. The molecule has 0 bridgehead atoms. The van der Waals surface area contributed by atoms with Gasteiger partial charge in [-0.05, 0) is 11.8 Å². The van der Waals surface area contributed by atoms with Gasteiger partial charge in [0.15, 0.2) is 0 Å². The van der Waals surface area contributed by atoms with Gasteiger partial charge in [0.05, 0.1) is 5.69 Å². The van der Waals surface area contributed by atoms with E-state index in [-0.39, 0.29) is 0 Å². The molecule has 2 heteroatoms. The second kappa shape index (κ2) is 2.57. The fourth-order valence-electron chi connectivity index (χ4n) is 0.629. The number of aromatic nitrogens is 1. The first-order valence-electron chi connectivity index (χ1n) is 3.17. The number of hydrogen-bond donors (Lipinski definition) is 0. The van der Waals surface area contributed by atoms with Gasteiger partial charge in [0.1, 0.15) is 0 Å². The van der Waals surface area contributed by atoms with Crippen LogP contribution in [0.15, 0.2) is 10.6 Å². The molecular weight excluding hydrogens is 126 g/mol. The van der Waals surface area contributed by atoms with Crippen LogP contribution < -0.4 is 0 Å². The van der Waals surface area contributed by atoms with E-state index >= 15 is 0 Å². The van der Waals surface area contributed by atoms with Crippen molar-refractivity contribution in [1.82, 2.24) is 5.16 Å². The van der Waals surface area contributed by atoms with Crippen molar-refractivity contribution in [2.45, 2.75) is 19.8 Å². The molecule has 0 aromatic carbocycles. The number of nitrogens with zero attached hydrogens (tertiary/aromatic N) is 1. The van der Waals surface area contributed by atoms with Crippen LogP contribution in [0.5, 0.6) is 0 Å². The summed E-state index contributed by atoms with van der Waals surface area (Å²) in [6, 6.07) is 1.78. The highest BCUT2D eigenvalue weighted by atomic mass is 16.5. The maximum Gasteiger partial charge on any atom is 0.209 e. The Kier molecular flexibility index (Phi) is 1.77. The van der Waals surface area contributed by atoms with Crippen molar-refractivity contribution < 1.29 is 4.52 Å². The molecule has 1 rings (SSSR count). The molecule has 0 saturated carbocycles. The van der Waals surface area contributed by atoms with Crippen LogP contribution in [-0.2, 0) is 0 Å². The summed E-state index contributed by atoms with van der Waals surface area (Å²) in [7, 11) is 0. The summed E-state index contributed by atoms with van der Waals surface area (Å²) in [4.78, 5) is 0. The van der Waals surface area contributed by atoms with Crippen molar-refractivity contribution in [3.8, 4) is 12.3 Å². The molecule has 2 nitrogen and oxygen atoms in total. The lowest BCUT2D eigenvalue weighted by Gasteiger charge is -1.92. The summed E-state index contributed by atoms with van der Waals surface area (Å²) in [6.45, 7) is 4.08. The maximum absolute atomic E-state index is 5.08. The molecule has 0 saturated heterocycles. The molecule has 0 aliphatic rings. The van der Waals surface area contributed by atoms with Crippen LogP contribution in [0.4, 0.5) is 0 Å². The summed E-state index contributed by atoms with van der Waals surface area (Å²) in [6.07, 6.45) is 5.08. The molecule has 0 amide bonds. The first-order valence-corrected chi connectivity index (χ1v) is 3.17. The first kappa shape index (κ1) is 6.88. The monoisotopic (exact) mass is 135 g/mol. The van der Waals surface area contributed by atoms with Crippen LogP contribution >= 0.6 is 0 Å². The van der Waals surface area contributed by atoms with Gasteiger partial charge in [0, 0.05) is 6.07 Å².